The molecular weight excluding hydrogens is 206 g/mol. The molecule has 3 atom stereocenters. The SMILES string of the molecule is CC(C(=O)O)N1CCOCC2CCCCC21. The van der Waals surface area contributed by atoms with E-state index in [9.17, 15) is 4.79 Å². The van der Waals surface area contributed by atoms with E-state index in [2.05, 4.69) is 4.90 Å². The van der Waals surface area contributed by atoms with Crippen molar-refractivity contribution in [1.82, 2.24) is 4.90 Å². The van der Waals surface area contributed by atoms with Crippen LogP contribution in [-0.4, -0.2) is 47.8 Å². The Morgan fingerprint density at radius 1 is 1.44 bits per heavy atom. The van der Waals surface area contributed by atoms with Gasteiger partial charge in [0.1, 0.15) is 6.04 Å². The number of carboxylic acid groups (broad SMARTS) is 1. The fourth-order valence-electron chi connectivity index (χ4n) is 3.01. The first-order chi connectivity index (χ1) is 7.70. The first-order valence-corrected chi connectivity index (χ1v) is 6.26. The van der Waals surface area contributed by atoms with Crippen molar-refractivity contribution < 1.29 is 14.6 Å². The number of ether oxygens (including phenoxy) is 1. The zero-order chi connectivity index (χ0) is 11.5. The molecule has 1 saturated carbocycles. The van der Waals surface area contributed by atoms with Gasteiger partial charge in [-0.25, -0.2) is 0 Å². The van der Waals surface area contributed by atoms with E-state index >= 15 is 0 Å². The molecule has 0 amide bonds. The van der Waals surface area contributed by atoms with E-state index in [4.69, 9.17) is 9.84 Å². The van der Waals surface area contributed by atoms with Crippen molar-refractivity contribution in [2.24, 2.45) is 5.92 Å². The van der Waals surface area contributed by atoms with Crippen molar-refractivity contribution in [3.05, 3.63) is 0 Å². The van der Waals surface area contributed by atoms with Gasteiger partial charge in [0.2, 0.25) is 0 Å². The minimum atomic E-state index is -0.716. The first-order valence-electron chi connectivity index (χ1n) is 6.26. The third kappa shape index (κ3) is 2.38. The average Bonchev–Trinajstić information content (AvgIpc) is 2.50. The van der Waals surface area contributed by atoms with Crippen LogP contribution in [-0.2, 0) is 9.53 Å². The number of carbonyl (C=O) groups is 1. The van der Waals surface area contributed by atoms with E-state index in [1.54, 1.807) is 6.92 Å². The van der Waals surface area contributed by atoms with E-state index in [0.717, 1.165) is 19.6 Å². The topological polar surface area (TPSA) is 49.8 Å². The molecule has 1 saturated heterocycles. The van der Waals surface area contributed by atoms with Gasteiger partial charge in [0, 0.05) is 12.6 Å². The van der Waals surface area contributed by atoms with Crippen molar-refractivity contribution in [3.63, 3.8) is 0 Å². The van der Waals surface area contributed by atoms with Crippen LogP contribution in [0, 0.1) is 5.92 Å². The molecule has 2 fully saturated rings. The van der Waals surface area contributed by atoms with Crippen molar-refractivity contribution >= 4 is 5.97 Å². The fourth-order valence-corrected chi connectivity index (χ4v) is 3.01. The second-order valence-electron chi connectivity index (χ2n) is 4.94. The summed E-state index contributed by atoms with van der Waals surface area (Å²) in [6.07, 6.45) is 4.81. The molecule has 0 aromatic rings. The zero-order valence-electron chi connectivity index (χ0n) is 9.89. The molecule has 0 bridgehead atoms. The van der Waals surface area contributed by atoms with Gasteiger partial charge in [0.15, 0.2) is 0 Å². The highest BCUT2D eigenvalue weighted by molar-refractivity contribution is 5.72. The lowest BCUT2D eigenvalue weighted by atomic mass is 9.83. The molecule has 16 heavy (non-hydrogen) atoms. The second-order valence-corrected chi connectivity index (χ2v) is 4.94. The lowest BCUT2D eigenvalue weighted by Gasteiger charge is -2.39. The third-order valence-electron chi connectivity index (χ3n) is 3.98. The highest BCUT2D eigenvalue weighted by Crippen LogP contribution is 2.31. The lowest BCUT2D eigenvalue weighted by molar-refractivity contribution is -0.144. The number of fused-ring (bicyclic) bond motifs is 1. The lowest BCUT2D eigenvalue weighted by Crippen LogP contribution is -2.50. The third-order valence-corrected chi connectivity index (χ3v) is 3.98. The molecule has 0 aromatic heterocycles. The highest BCUT2D eigenvalue weighted by Gasteiger charge is 2.36. The Hall–Kier alpha value is -0.610. The summed E-state index contributed by atoms with van der Waals surface area (Å²) in [5.74, 6) is -0.177. The summed E-state index contributed by atoms with van der Waals surface area (Å²) >= 11 is 0. The van der Waals surface area contributed by atoms with Crippen LogP contribution in [0.2, 0.25) is 0 Å². The number of rotatable bonds is 2. The second kappa shape index (κ2) is 5.15. The van der Waals surface area contributed by atoms with Crippen molar-refractivity contribution in [1.29, 1.82) is 0 Å². The standard InChI is InChI=1S/C12H21NO3/c1-9(12(14)15)13-6-7-16-8-10-4-2-3-5-11(10)13/h9-11H,2-8H2,1H3,(H,14,15). The molecule has 1 aliphatic heterocycles. The van der Waals surface area contributed by atoms with Gasteiger partial charge in [-0.1, -0.05) is 12.8 Å². The molecule has 2 rings (SSSR count). The molecule has 3 unspecified atom stereocenters. The van der Waals surface area contributed by atoms with Crippen LogP contribution < -0.4 is 0 Å². The van der Waals surface area contributed by atoms with Crippen LogP contribution in [0.15, 0.2) is 0 Å². The van der Waals surface area contributed by atoms with Crippen LogP contribution in [0.1, 0.15) is 32.6 Å². The smallest absolute Gasteiger partial charge is 0.320 e. The Bertz CT molecular complexity index is 257. The number of hydrogen-bond donors (Lipinski definition) is 1. The van der Waals surface area contributed by atoms with Gasteiger partial charge in [0.05, 0.1) is 13.2 Å². The predicted molar refractivity (Wildman–Crippen MR) is 60.4 cm³/mol. The van der Waals surface area contributed by atoms with Gasteiger partial charge in [-0.15, -0.1) is 0 Å². The Balaban J connectivity index is 2.11. The van der Waals surface area contributed by atoms with Crippen molar-refractivity contribution in [3.8, 4) is 0 Å². The minimum absolute atomic E-state index is 0.382. The predicted octanol–water partition coefficient (Wildman–Crippen LogP) is 1.35. The summed E-state index contributed by atoms with van der Waals surface area (Å²) in [4.78, 5) is 13.2. The summed E-state index contributed by atoms with van der Waals surface area (Å²) in [7, 11) is 0. The summed E-state index contributed by atoms with van der Waals surface area (Å²) in [5.41, 5.74) is 0. The highest BCUT2D eigenvalue weighted by atomic mass is 16.5. The summed E-state index contributed by atoms with van der Waals surface area (Å²) < 4.78 is 5.59. The maximum Gasteiger partial charge on any atom is 0.320 e. The van der Waals surface area contributed by atoms with E-state index in [-0.39, 0.29) is 6.04 Å². The van der Waals surface area contributed by atoms with Crippen molar-refractivity contribution in [2.45, 2.75) is 44.7 Å². The Kier molecular flexibility index (Phi) is 3.82. The maximum absolute atomic E-state index is 11.1. The van der Waals surface area contributed by atoms with E-state index in [1.807, 2.05) is 0 Å². The summed E-state index contributed by atoms with van der Waals surface area (Å²) in [5, 5.41) is 9.13. The number of aliphatic carboxylic acids is 1. The Morgan fingerprint density at radius 2 is 2.19 bits per heavy atom. The Labute approximate surface area is 96.6 Å². The number of nitrogens with zero attached hydrogens (tertiary/aromatic N) is 1. The Morgan fingerprint density at radius 3 is 2.94 bits per heavy atom. The normalized spacial score (nSPS) is 33.8. The molecule has 4 heteroatoms. The largest absolute Gasteiger partial charge is 0.480 e. The minimum Gasteiger partial charge on any atom is -0.480 e. The molecule has 0 spiro atoms. The van der Waals surface area contributed by atoms with Crippen LogP contribution in [0.3, 0.4) is 0 Å². The molecular formula is C12H21NO3. The molecule has 0 radical (unpaired) electrons. The first kappa shape index (κ1) is 11.9. The molecule has 1 aliphatic carbocycles. The maximum atomic E-state index is 11.1. The molecule has 1 heterocycles. The fraction of sp³-hybridized carbons (Fsp3) is 0.917. The van der Waals surface area contributed by atoms with Gasteiger partial charge in [-0.05, 0) is 25.7 Å². The van der Waals surface area contributed by atoms with Gasteiger partial charge >= 0.3 is 5.97 Å². The molecule has 92 valence electrons. The summed E-state index contributed by atoms with van der Waals surface area (Å²) in [6.45, 7) is 4.03. The monoisotopic (exact) mass is 227 g/mol. The van der Waals surface area contributed by atoms with Crippen LogP contribution in [0.5, 0.6) is 0 Å². The van der Waals surface area contributed by atoms with Gasteiger partial charge in [0.25, 0.3) is 0 Å². The number of hydrogen-bond acceptors (Lipinski definition) is 3. The van der Waals surface area contributed by atoms with Gasteiger partial charge < -0.3 is 9.84 Å². The van der Waals surface area contributed by atoms with Crippen LogP contribution >= 0.6 is 0 Å². The van der Waals surface area contributed by atoms with Gasteiger partial charge in [-0.3, -0.25) is 9.69 Å². The zero-order valence-corrected chi connectivity index (χ0v) is 9.89. The number of carboxylic acids is 1. The molecule has 4 nitrogen and oxygen atoms in total. The van der Waals surface area contributed by atoms with Crippen LogP contribution in [0.4, 0.5) is 0 Å². The van der Waals surface area contributed by atoms with E-state index in [1.165, 1.54) is 19.3 Å². The van der Waals surface area contributed by atoms with E-state index < -0.39 is 5.97 Å². The van der Waals surface area contributed by atoms with E-state index in [0.29, 0.717) is 18.6 Å². The molecule has 0 aromatic carbocycles. The molecule has 1 N–H and O–H groups in total. The van der Waals surface area contributed by atoms with Gasteiger partial charge in [-0.2, -0.15) is 0 Å². The van der Waals surface area contributed by atoms with Crippen molar-refractivity contribution in [2.75, 3.05) is 19.8 Å². The quantitative estimate of drug-likeness (QED) is 0.773. The van der Waals surface area contributed by atoms with Crippen LogP contribution in [0.25, 0.3) is 0 Å². The molecule has 2 aliphatic rings. The summed E-state index contributed by atoms with van der Waals surface area (Å²) in [6, 6.07) is 0.0367. The average molecular weight is 227 g/mol.